The summed E-state index contributed by atoms with van der Waals surface area (Å²) in [4.78, 5) is 9.02. The van der Waals surface area contributed by atoms with E-state index in [1.54, 1.807) is 0 Å². The Kier molecular flexibility index (Phi) is 9.69. The summed E-state index contributed by atoms with van der Waals surface area (Å²) < 4.78 is 2.15. The van der Waals surface area contributed by atoms with Crippen LogP contribution in [0.3, 0.4) is 0 Å². The molecule has 0 radical (unpaired) electrons. The average Bonchev–Trinajstić information content (AvgIpc) is 2.98. The number of rotatable bonds is 7. The molecular formula is C20H32IN5. The van der Waals surface area contributed by atoms with Crippen LogP contribution in [-0.2, 0) is 13.1 Å². The monoisotopic (exact) mass is 469 g/mol. The summed E-state index contributed by atoms with van der Waals surface area (Å²) in [5, 5.41) is 6.80. The lowest BCUT2D eigenvalue weighted by molar-refractivity contribution is 0.481. The fourth-order valence-electron chi connectivity index (χ4n) is 2.47. The van der Waals surface area contributed by atoms with Crippen LogP contribution in [0.15, 0.2) is 41.7 Å². The fourth-order valence-corrected chi connectivity index (χ4v) is 2.47. The minimum Gasteiger partial charge on any atom is -0.357 e. The van der Waals surface area contributed by atoms with Crippen LogP contribution in [-0.4, -0.2) is 28.1 Å². The van der Waals surface area contributed by atoms with Crippen LogP contribution in [0.25, 0.3) is 0 Å². The van der Waals surface area contributed by atoms with E-state index in [2.05, 4.69) is 72.1 Å². The quantitative estimate of drug-likeness (QED) is 0.367. The molecule has 26 heavy (non-hydrogen) atoms. The summed E-state index contributed by atoms with van der Waals surface area (Å²) in [5.74, 6) is 2.47. The Balaban J connectivity index is 0.00000338. The van der Waals surface area contributed by atoms with Crippen LogP contribution < -0.4 is 10.6 Å². The number of hydrogen-bond donors (Lipinski definition) is 2. The second-order valence-electron chi connectivity index (χ2n) is 6.79. The van der Waals surface area contributed by atoms with Gasteiger partial charge in [0.2, 0.25) is 0 Å². The Morgan fingerprint density at radius 2 is 1.96 bits per heavy atom. The van der Waals surface area contributed by atoms with Gasteiger partial charge in [0.25, 0.3) is 0 Å². The summed E-state index contributed by atoms with van der Waals surface area (Å²) in [6.45, 7) is 13.1. The van der Waals surface area contributed by atoms with Gasteiger partial charge in [-0.1, -0.05) is 38.1 Å². The van der Waals surface area contributed by atoms with Crippen molar-refractivity contribution in [1.82, 2.24) is 20.2 Å². The minimum absolute atomic E-state index is 0. The van der Waals surface area contributed by atoms with E-state index in [9.17, 15) is 0 Å². The molecule has 1 unspecified atom stereocenters. The van der Waals surface area contributed by atoms with Gasteiger partial charge in [-0.25, -0.2) is 9.98 Å². The van der Waals surface area contributed by atoms with E-state index in [0.717, 1.165) is 24.9 Å². The van der Waals surface area contributed by atoms with Gasteiger partial charge in [-0.3, -0.25) is 0 Å². The number of hydrogen-bond acceptors (Lipinski definition) is 2. The number of aryl methyl sites for hydroxylation is 1. The number of guanidine groups is 1. The zero-order valence-corrected chi connectivity index (χ0v) is 18.8. The maximum Gasteiger partial charge on any atom is 0.191 e. The number of imidazole rings is 1. The van der Waals surface area contributed by atoms with Crippen LogP contribution in [0.2, 0.25) is 0 Å². The first-order valence-electron chi connectivity index (χ1n) is 9.10. The maximum atomic E-state index is 4.74. The van der Waals surface area contributed by atoms with Crippen LogP contribution in [0, 0.1) is 12.8 Å². The van der Waals surface area contributed by atoms with Gasteiger partial charge in [0.1, 0.15) is 5.82 Å². The van der Waals surface area contributed by atoms with Gasteiger partial charge >= 0.3 is 0 Å². The molecule has 0 aliphatic heterocycles. The van der Waals surface area contributed by atoms with Crippen LogP contribution in [0.4, 0.5) is 0 Å². The van der Waals surface area contributed by atoms with Crippen molar-refractivity contribution < 1.29 is 0 Å². The summed E-state index contributed by atoms with van der Waals surface area (Å²) in [6.07, 6.45) is 3.86. The van der Waals surface area contributed by atoms with Crippen molar-refractivity contribution in [2.75, 3.05) is 6.54 Å². The third kappa shape index (κ3) is 6.97. The summed E-state index contributed by atoms with van der Waals surface area (Å²) in [7, 11) is 0. The number of nitrogens with one attached hydrogen (secondary N) is 2. The van der Waals surface area contributed by atoms with Gasteiger partial charge in [0.05, 0.1) is 6.54 Å². The van der Waals surface area contributed by atoms with Crippen molar-refractivity contribution >= 4 is 29.9 Å². The van der Waals surface area contributed by atoms with Crippen molar-refractivity contribution in [2.45, 2.75) is 53.8 Å². The van der Waals surface area contributed by atoms with E-state index in [1.165, 1.54) is 11.1 Å². The molecule has 144 valence electrons. The Morgan fingerprint density at radius 3 is 2.58 bits per heavy atom. The third-order valence-corrected chi connectivity index (χ3v) is 4.40. The Bertz CT molecular complexity index is 693. The van der Waals surface area contributed by atoms with E-state index in [0.29, 0.717) is 18.5 Å². The van der Waals surface area contributed by atoms with Gasteiger partial charge in [0.15, 0.2) is 5.96 Å². The average molecular weight is 469 g/mol. The lowest BCUT2D eigenvalue weighted by Gasteiger charge is -2.20. The molecule has 0 aliphatic carbocycles. The van der Waals surface area contributed by atoms with Crippen LogP contribution in [0.1, 0.15) is 44.6 Å². The zero-order valence-electron chi connectivity index (χ0n) is 16.5. The predicted octanol–water partition coefficient (Wildman–Crippen LogP) is 3.96. The van der Waals surface area contributed by atoms with Gasteiger partial charge in [-0.05, 0) is 37.8 Å². The highest BCUT2D eigenvalue weighted by Crippen LogP contribution is 2.10. The number of halogens is 1. The molecular weight excluding hydrogens is 437 g/mol. The first-order valence-corrected chi connectivity index (χ1v) is 9.10. The molecule has 2 rings (SSSR count). The van der Waals surface area contributed by atoms with E-state index in [4.69, 9.17) is 4.99 Å². The number of benzene rings is 1. The number of aromatic nitrogens is 2. The molecule has 2 aromatic rings. The van der Waals surface area contributed by atoms with Crippen LogP contribution >= 0.6 is 24.0 Å². The summed E-state index contributed by atoms with van der Waals surface area (Å²) in [5.41, 5.74) is 2.48. The number of aliphatic imine (C=N–C) groups is 1. The molecule has 0 saturated carbocycles. The van der Waals surface area contributed by atoms with E-state index in [-0.39, 0.29) is 24.0 Å². The molecule has 2 N–H and O–H groups in total. The molecule has 6 heteroatoms. The lowest BCUT2D eigenvalue weighted by atomic mass is 10.1. The molecule has 1 heterocycles. The van der Waals surface area contributed by atoms with Crippen LogP contribution in [0.5, 0.6) is 0 Å². The zero-order chi connectivity index (χ0) is 18.2. The van der Waals surface area contributed by atoms with Gasteiger partial charge in [-0.2, -0.15) is 0 Å². The number of nitrogens with zero attached hydrogens (tertiary/aromatic N) is 3. The summed E-state index contributed by atoms with van der Waals surface area (Å²) >= 11 is 0. The Labute approximate surface area is 174 Å². The normalized spacial score (nSPS) is 12.6. The van der Waals surface area contributed by atoms with E-state index in [1.807, 2.05) is 19.3 Å². The van der Waals surface area contributed by atoms with Crippen molar-refractivity contribution in [3.8, 4) is 0 Å². The second-order valence-corrected chi connectivity index (χ2v) is 6.79. The smallest absolute Gasteiger partial charge is 0.191 e. The topological polar surface area (TPSA) is 54.2 Å². The largest absolute Gasteiger partial charge is 0.357 e. The van der Waals surface area contributed by atoms with Crippen molar-refractivity contribution in [3.05, 3.63) is 53.6 Å². The summed E-state index contributed by atoms with van der Waals surface area (Å²) in [6, 6.07) is 8.98. The molecule has 0 amide bonds. The molecule has 1 atom stereocenters. The third-order valence-electron chi connectivity index (χ3n) is 4.40. The van der Waals surface area contributed by atoms with Crippen molar-refractivity contribution in [1.29, 1.82) is 0 Å². The van der Waals surface area contributed by atoms with E-state index < -0.39 is 0 Å². The first kappa shape index (κ1) is 22.5. The SMILES string of the molecule is CCNC(=NCc1cccc(Cn2ccnc2C)c1)NC(C)C(C)C.I. The maximum absolute atomic E-state index is 4.74. The highest BCUT2D eigenvalue weighted by Gasteiger charge is 2.08. The van der Waals surface area contributed by atoms with Gasteiger partial charge in [0, 0.05) is 31.5 Å². The van der Waals surface area contributed by atoms with E-state index >= 15 is 0 Å². The molecule has 0 spiro atoms. The molecule has 0 bridgehead atoms. The molecule has 1 aromatic heterocycles. The highest BCUT2D eigenvalue weighted by atomic mass is 127. The van der Waals surface area contributed by atoms with Crippen molar-refractivity contribution in [2.24, 2.45) is 10.9 Å². The van der Waals surface area contributed by atoms with Gasteiger partial charge in [-0.15, -0.1) is 24.0 Å². The highest BCUT2D eigenvalue weighted by molar-refractivity contribution is 14.0. The lowest BCUT2D eigenvalue weighted by Crippen LogP contribution is -2.44. The first-order chi connectivity index (χ1) is 12.0. The van der Waals surface area contributed by atoms with Gasteiger partial charge < -0.3 is 15.2 Å². The standard InChI is InChI=1S/C20H31N5.HI/c1-6-21-20(24-16(4)15(2)3)23-13-18-8-7-9-19(12-18)14-25-11-10-22-17(25)5;/h7-12,15-16H,6,13-14H2,1-5H3,(H2,21,23,24);1H. The second kappa shape index (κ2) is 11.2. The van der Waals surface area contributed by atoms with Crippen molar-refractivity contribution in [3.63, 3.8) is 0 Å². The minimum atomic E-state index is 0. The molecule has 5 nitrogen and oxygen atoms in total. The fraction of sp³-hybridized carbons (Fsp3) is 0.500. The Morgan fingerprint density at radius 1 is 1.23 bits per heavy atom. The predicted molar refractivity (Wildman–Crippen MR) is 120 cm³/mol. The molecule has 0 aliphatic rings. The Hall–Kier alpha value is -1.57. The molecule has 0 saturated heterocycles. The molecule has 1 aromatic carbocycles. The molecule has 0 fully saturated rings.